The van der Waals surface area contributed by atoms with Gasteiger partial charge >= 0.3 is 0 Å². The first-order valence-corrected chi connectivity index (χ1v) is 12.8. The molecule has 13 heteroatoms. The highest BCUT2D eigenvalue weighted by Gasteiger charge is 2.48. The second-order valence-electron chi connectivity index (χ2n) is 10.3. The summed E-state index contributed by atoms with van der Waals surface area (Å²) < 4.78 is 11.9. The fraction of sp³-hybridized carbons (Fsp3) is 0.167. The average Bonchev–Trinajstić information content (AvgIpc) is 2.94. The van der Waals surface area contributed by atoms with Crippen molar-refractivity contribution in [3.8, 4) is 57.5 Å². The molecule has 0 fully saturated rings. The molecule has 0 aliphatic carbocycles. The maximum absolute atomic E-state index is 13.4. The van der Waals surface area contributed by atoms with Crippen LogP contribution in [0.3, 0.4) is 0 Å². The first kappa shape index (κ1) is 27.6. The van der Waals surface area contributed by atoms with Gasteiger partial charge in [-0.25, -0.2) is 0 Å². The Bertz CT molecular complexity index is 1800. The van der Waals surface area contributed by atoms with E-state index in [1.54, 1.807) is 0 Å². The molecule has 0 amide bonds. The minimum atomic E-state index is -1.91. The molecule has 6 rings (SSSR count). The van der Waals surface area contributed by atoms with E-state index >= 15 is 0 Å². The molecule has 0 spiro atoms. The molecular weight excluding hydrogens is 568 g/mol. The molecule has 0 bridgehead atoms. The molecule has 0 radical (unpaired) electrons. The third-order valence-electron chi connectivity index (χ3n) is 7.61. The lowest BCUT2D eigenvalue weighted by Gasteiger charge is -2.40. The van der Waals surface area contributed by atoms with Gasteiger partial charge in [-0.1, -0.05) is 12.1 Å². The summed E-state index contributed by atoms with van der Waals surface area (Å²) in [5.74, 6) is -7.65. The number of phenols is 8. The summed E-state index contributed by atoms with van der Waals surface area (Å²) in [6.07, 6.45) is -6.51. The van der Waals surface area contributed by atoms with Gasteiger partial charge in [0.1, 0.15) is 46.2 Å². The Hall–Kier alpha value is -5.53. The summed E-state index contributed by atoms with van der Waals surface area (Å²) in [4.78, 5) is 13.4. The van der Waals surface area contributed by atoms with E-state index in [1.807, 2.05) is 0 Å². The van der Waals surface area contributed by atoms with Gasteiger partial charge in [0.25, 0.3) is 0 Å². The molecule has 0 unspecified atom stereocenters. The lowest BCUT2D eigenvalue weighted by atomic mass is 9.77. The number of carbonyl (C=O) groups is 1. The summed E-state index contributed by atoms with van der Waals surface area (Å²) in [5.41, 5.74) is -0.829. The summed E-state index contributed by atoms with van der Waals surface area (Å²) in [6.45, 7) is 0. The number of ketones is 1. The first-order valence-electron chi connectivity index (χ1n) is 12.8. The molecule has 43 heavy (non-hydrogen) atoms. The molecule has 0 aromatic heterocycles. The van der Waals surface area contributed by atoms with Crippen LogP contribution >= 0.6 is 0 Å². The molecule has 4 aromatic rings. The molecule has 0 saturated heterocycles. The summed E-state index contributed by atoms with van der Waals surface area (Å²) >= 11 is 0. The van der Waals surface area contributed by atoms with Crippen LogP contribution in [0.25, 0.3) is 0 Å². The van der Waals surface area contributed by atoms with Crippen molar-refractivity contribution in [1.29, 1.82) is 0 Å². The molecule has 10 N–H and O–H groups in total. The van der Waals surface area contributed by atoms with Crippen LogP contribution in [0.5, 0.6) is 57.5 Å². The number of hydrogen-bond donors (Lipinski definition) is 10. The van der Waals surface area contributed by atoms with Gasteiger partial charge in [0.05, 0.1) is 5.92 Å². The van der Waals surface area contributed by atoms with E-state index in [0.717, 1.165) is 42.5 Å². The number of Topliss-reactive ketones (excluding diaryl/α,β-unsaturated/α-hetero) is 1. The van der Waals surface area contributed by atoms with Crippen LogP contribution in [0, 0.1) is 0 Å². The third kappa shape index (κ3) is 4.29. The zero-order valence-electron chi connectivity index (χ0n) is 21.8. The normalized spacial score (nSPS) is 22.7. The highest BCUT2D eigenvalue weighted by Crippen LogP contribution is 2.57. The Kier molecular flexibility index (Phi) is 6.29. The first-order chi connectivity index (χ1) is 20.4. The summed E-state index contributed by atoms with van der Waals surface area (Å²) in [5, 5.41) is 105. The fourth-order valence-corrected chi connectivity index (χ4v) is 5.61. The van der Waals surface area contributed by atoms with Crippen LogP contribution in [-0.4, -0.2) is 69.1 Å². The molecule has 2 heterocycles. The number of fused-ring (bicyclic) bond motifs is 2. The van der Waals surface area contributed by atoms with Gasteiger partial charge in [0.15, 0.2) is 41.3 Å². The van der Waals surface area contributed by atoms with Crippen LogP contribution in [0.2, 0.25) is 0 Å². The summed E-state index contributed by atoms with van der Waals surface area (Å²) in [6, 6.07) is 9.89. The van der Waals surface area contributed by atoms with E-state index in [4.69, 9.17) is 9.47 Å². The molecule has 2 aliphatic rings. The van der Waals surface area contributed by atoms with E-state index < -0.39 is 93.4 Å². The predicted molar refractivity (Wildman–Crippen MR) is 144 cm³/mol. The van der Waals surface area contributed by atoms with E-state index in [2.05, 4.69) is 0 Å². The average molecular weight is 593 g/mol. The Morgan fingerprint density at radius 2 is 1.14 bits per heavy atom. The number of benzene rings is 4. The van der Waals surface area contributed by atoms with Crippen molar-refractivity contribution in [2.75, 3.05) is 0 Å². The van der Waals surface area contributed by atoms with Gasteiger partial charge < -0.3 is 60.5 Å². The van der Waals surface area contributed by atoms with E-state index in [9.17, 15) is 55.9 Å². The van der Waals surface area contributed by atoms with Gasteiger partial charge in [0, 0.05) is 29.3 Å². The van der Waals surface area contributed by atoms with Gasteiger partial charge in [-0.2, -0.15) is 0 Å². The van der Waals surface area contributed by atoms with Gasteiger partial charge in [-0.3, -0.25) is 4.79 Å². The zero-order valence-corrected chi connectivity index (χ0v) is 21.8. The monoisotopic (exact) mass is 592 g/mol. The van der Waals surface area contributed by atoms with Crippen molar-refractivity contribution in [3.05, 3.63) is 82.4 Å². The zero-order chi connectivity index (χ0) is 30.9. The van der Waals surface area contributed by atoms with Gasteiger partial charge in [0.2, 0.25) is 5.78 Å². The SMILES string of the molecule is O=C1c2c(O)cc(O)c([C@H]3c4c(O)cc(O)cc4O[C@H](c4ccc(O)c(O)c4)[C@@H]3O)c2O[C@H](c2ccc(O)c(O)c2)[C@H]1O. The van der Waals surface area contributed by atoms with Crippen molar-refractivity contribution < 1.29 is 65.3 Å². The fourth-order valence-electron chi connectivity index (χ4n) is 5.61. The molecule has 5 atom stereocenters. The third-order valence-corrected chi connectivity index (χ3v) is 7.61. The van der Waals surface area contributed by atoms with Crippen molar-refractivity contribution in [2.24, 2.45) is 0 Å². The van der Waals surface area contributed by atoms with E-state index in [1.165, 1.54) is 12.1 Å². The molecular formula is C30H24O13. The molecule has 222 valence electrons. The topological polar surface area (TPSA) is 238 Å². The number of aliphatic hydroxyl groups excluding tert-OH is 2. The number of aromatic hydroxyl groups is 8. The maximum Gasteiger partial charge on any atom is 0.202 e. The molecule has 13 nitrogen and oxygen atoms in total. The maximum atomic E-state index is 13.4. The Morgan fingerprint density at radius 3 is 1.74 bits per heavy atom. The molecule has 4 aromatic carbocycles. The lowest BCUT2D eigenvalue weighted by molar-refractivity contribution is 0.00285. The number of aliphatic hydroxyl groups is 2. The standard InChI is InChI=1S/C30H24O13/c31-12-7-17(36)21-20(8-12)42-28(10-1-3-13(32)15(34)5-10)26(40)24(21)22-18(37)9-19(38)23-25(39)27(41)29(43-30(22)23)11-2-4-14(33)16(35)6-11/h1-9,24,26-29,31-38,40-41H/t24-,26-,27+,28-,29-/m1/s1. The smallest absolute Gasteiger partial charge is 0.202 e. The van der Waals surface area contributed by atoms with Crippen molar-refractivity contribution >= 4 is 5.78 Å². The second-order valence-corrected chi connectivity index (χ2v) is 10.3. The number of hydrogen-bond acceptors (Lipinski definition) is 13. The largest absolute Gasteiger partial charge is 0.508 e. The Balaban J connectivity index is 1.58. The quantitative estimate of drug-likeness (QED) is 0.154. The van der Waals surface area contributed by atoms with Crippen LogP contribution < -0.4 is 9.47 Å². The van der Waals surface area contributed by atoms with Crippen LogP contribution in [0.15, 0.2) is 54.6 Å². The van der Waals surface area contributed by atoms with Crippen LogP contribution in [0.1, 0.15) is 50.7 Å². The van der Waals surface area contributed by atoms with Gasteiger partial charge in [-0.15, -0.1) is 0 Å². The number of rotatable bonds is 3. The highest BCUT2D eigenvalue weighted by atomic mass is 16.5. The van der Waals surface area contributed by atoms with Crippen LogP contribution in [0.4, 0.5) is 0 Å². The van der Waals surface area contributed by atoms with Crippen molar-refractivity contribution in [1.82, 2.24) is 0 Å². The van der Waals surface area contributed by atoms with Crippen molar-refractivity contribution in [2.45, 2.75) is 30.3 Å². The van der Waals surface area contributed by atoms with Crippen molar-refractivity contribution in [3.63, 3.8) is 0 Å². The number of ether oxygens (including phenoxy) is 2. The number of phenolic OH excluding ortho intramolecular Hbond substituents is 8. The van der Waals surface area contributed by atoms with E-state index in [0.29, 0.717) is 0 Å². The minimum Gasteiger partial charge on any atom is -0.508 e. The summed E-state index contributed by atoms with van der Waals surface area (Å²) in [7, 11) is 0. The van der Waals surface area contributed by atoms with E-state index in [-0.39, 0.29) is 28.0 Å². The Labute approximate surface area is 241 Å². The molecule has 2 aliphatic heterocycles. The lowest BCUT2D eigenvalue weighted by Crippen LogP contribution is -2.39. The number of carbonyl (C=O) groups excluding carboxylic acids is 1. The minimum absolute atomic E-state index is 0.0359. The highest BCUT2D eigenvalue weighted by molar-refractivity contribution is 6.06. The second kappa shape index (κ2) is 9.79. The Morgan fingerprint density at radius 1 is 0.558 bits per heavy atom. The van der Waals surface area contributed by atoms with Gasteiger partial charge in [-0.05, 0) is 35.4 Å². The molecule has 0 saturated carbocycles. The predicted octanol–water partition coefficient (Wildman–Crippen LogP) is 2.64. The van der Waals surface area contributed by atoms with Crippen LogP contribution in [-0.2, 0) is 0 Å².